The van der Waals surface area contributed by atoms with Crippen molar-refractivity contribution in [2.45, 2.75) is 16.0 Å². The van der Waals surface area contributed by atoms with Gasteiger partial charge in [0.1, 0.15) is 0 Å². The maximum atomic E-state index is 12.6. The second-order valence-electron chi connectivity index (χ2n) is 5.16. The highest BCUT2D eigenvalue weighted by Crippen LogP contribution is 2.31. The Morgan fingerprint density at radius 2 is 1.76 bits per heavy atom. The summed E-state index contributed by atoms with van der Waals surface area (Å²) in [6.45, 7) is 0. The summed E-state index contributed by atoms with van der Waals surface area (Å²) in [6, 6.07) is 10.4. The number of thioether (sulfide) groups is 1. The SMILES string of the molecule is CS(=O)(=O)c1ccc(NC(=O)CSc2cccc(C(F)(F)F)c2)cc1. The van der Waals surface area contributed by atoms with Crippen LogP contribution in [-0.2, 0) is 20.8 Å². The Balaban J connectivity index is 1.95. The number of amides is 1. The standard InChI is InChI=1S/C16H14F3NO3S2/c1-25(22,23)14-7-5-12(6-8-14)20-15(21)10-24-13-4-2-3-11(9-13)16(17,18)19/h2-9H,10H2,1H3,(H,20,21). The first-order valence-electron chi connectivity index (χ1n) is 6.96. The Bertz CT molecular complexity index is 863. The molecule has 134 valence electrons. The molecule has 4 nitrogen and oxygen atoms in total. The zero-order valence-electron chi connectivity index (χ0n) is 13.0. The van der Waals surface area contributed by atoms with Gasteiger partial charge in [0.2, 0.25) is 5.91 Å². The van der Waals surface area contributed by atoms with E-state index in [9.17, 15) is 26.4 Å². The molecule has 25 heavy (non-hydrogen) atoms. The van der Waals surface area contributed by atoms with Crippen LogP contribution in [0.1, 0.15) is 5.56 Å². The summed E-state index contributed by atoms with van der Waals surface area (Å²) >= 11 is 0.978. The Morgan fingerprint density at radius 1 is 1.12 bits per heavy atom. The van der Waals surface area contributed by atoms with Crippen LogP contribution in [0.5, 0.6) is 0 Å². The predicted molar refractivity (Wildman–Crippen MR) is 90.3 cm³/mol. The average molecular weight is 389 g/mol. The summed E-state index contributed by atoms with van der Waals surface area (Å²) in [6.07, 6.45) is -3.35. The molecular formula is C16H14F3NO3S2. The fourth-order valence-corrected chi connectivity index (χ4v) is 3.28. The predicted octanol–water partition coefficient (Wildman–Crippen LogP) is 3.84. The molecule has 0 aliphatic heterocycles. The number of benzene rings is 2. The minimum absolute atomic E-state index is 0.0743. The van der Waals surface area contributed by atoms with Gasteiger partial charge in [0.15, 0.2) is 9.84 Å². The fourth-order valence-electron chi connectivity index (χ4n) is 1.89. The first-order chi connectivity index (χ1) is 11.6. The van der Waals surface area contributed by atoms with Crippen molar-refractivity contribution in [2.75, 3.05) is 17.3 Å². The summed E-state index contributed by atoms with van der Waals surface area (Å²) in [4.78, 5) is 12.3. The summed E-state index contributed by atoms with van der Waals surface area (Å²) in [7, 11) is -3.32. The third-order valence-corrected chi connectivity index (χ3v) is 5.22. The van der Waals surface area contributed by atoms with E-state index < -0.39 is 27.5 Å². The number of hydrogen-bond donors (Lipinski definition) is 1. The van der Waals surface area contributed by atoms with Crippen LogP contribution in [-0.4, -0.2) is 26.3 Å². The van der Waals surface area contributed by atoms with E-state index in [0.717, 1.165) is 30.2 Å². The number of nitrogens with one attached hydrogen (secondary N) is 1. The topological polar surface area (TPSA) is 63.2 Å². The molecule has 0 unspecified atom stereocenters. The molecule has 2 aromatic rings. The lowest BCUT2D eigenvalue weighted by molar-refractivity contribution is -0.137. The lowest BCUT2D eigenvalue weighted by Crippen LogP contribution is -2.14. The number of carbonyl (C=O) groups is 1. The summed E-state index contributed by atoms with van der Waals surface area (Å²) < 4.78 is 60.6. The highest BCUT2D eigenvalue weighted by molar-refractivity contribution is 8.00. The zero-order valence-corrected chi connectivity index (χ0v) is 14.6. The Hall–Kier alpha value is -2.00. The minimum Gasteiger partial charge on any atom is -0.325 e. The van der Waals surface area contributed by atoms with Crippen LogP contribution < -0.4 is 5.32 Å². The monoisotopic (exact) mass is 389 g/mol. The maximum absolute atomic E-state index is 12.6. The van der Waals surface area contributed by atoms with E-state index in [-0.39, 0.29) is 10.6 Å². The van der Waals surface area contributed by atoms with Crippen LogP contribution in [0.4, 0.5) is 18.9 Å². The first-order valence-corrected chi connectivity index (χ1v) is 9.83. The van der Waals surface area contributed by atoms with E-state index in [1.165, 1.54) is 36.4 Å². The lowest BCUT2D eigenvalue weighted by atomic mass is 10.2. The second kappa shape index (κ2) is 7.49. The van der Waals surface area contributed by atoms with Crippen molar-refractivity contribution in [1.82, 2.24) is 0 Å². The number of rotatable bonds is 5. The lowest BCUT2D eigenvalue weighted by Gasteiger charge is -2.09. The highest BCUT2D eigenvalue weighted by atomic mass is 32.2. The van der Waals surface area contributed by atoms with Gasteiger partial charge in [-0.15, -0.1) is 11.8 Å². The molecule has 1 amide bonds. The maximum Gasteiger partial charge on any atom is 0.416 e. The van der Waals surface area contributed by atoms with E-state index in [0.29, 0.717) is 10.6 Å². The third kappa shape index (κ3) is 5.79. The normalized spacial score (nSPS) is 12.0. The number of carbonyl (C=O) groups excluding carboxylic acids is 1. The molecule has 0 heterocycles. The number of alkyl halides is 3. The van der Waals surface area contributed by atoms with Gasteiger partial charge >= 0.3 is 6.18 Å². The second-order valence-corrected chi connectivity index (χ2v) is 8.22. The van der Waals surface area contributed by atoms with Gasteiger partial charge < -0.3 is 5.32 Å². The minimum atomic E-state index is -4.43. The van der Waals surface area contributed by atoms with Gasteiger partial charge in [-0.25, -0.2) is 8.42 Å². The van der Waals surface area contributed by atoms with Crippen molar-refractivity contribution in [3.05, 3.63) is 54.1 Å². The smallest absolute Gasteiger partial charge is 0.325 e. The van der Waals surface area contributed by atoms with Crippen LogP contribution in [0.15, 0.2) is 58.3 Å². The molecular weight excluding hydrogens is 375 g/mol. The molecule has 2 aromatic carbocycles. The molecule has 9 heteroatoms. The molecule has 1 N–H and O–H groups in total. The number of anilines is 1. The molecule has 0 spiro atoms. The van der Waals surface area contributed by atoms with Crippen LogP contribution in [0.3, 0.4) is 0 Å². The van der Waals surface area contributed by atoms with Gasteiger partial charge in [0.25, 0.3) is 0 Å². The Morgan fingerprint density at radius 3 is 2.32 bits per heavy atom. The average Bonchev–Trinajstić information content (AvgIpc) is 2.52. The molecule has 0 radical (unpaired) electrons. The van der Waals surface area contributed by atoms with Gasteiger partial charge in [0, 0.05) is 16.8 Å². The van der Waals surface area contributed by atoms with Crippen molar-refractivity contribution in [2.24, 2.45) is 0 Å². The van der Waals surface area contributed by atoms with Gasteiger partial charge in [-0.2, -0.15) is 13.2 Å². The van der Waals surface area contributed by atoms with Crippen LogP contribution in [0, 0.1) is 0 Å². The summed E-state index contributed by atoms with van der Waals surface area (Å²) in [5, 5.41) is 2.56. The quantitative estimate of drug-likeness (QED) is 0.790. The van der Waals surface area contributed by atoms with E-state index in [2.05, 4.69) is 5.32 Å². The van der Waals surface area contributed by atoms with Crippen molar-refractivity contribution in [3.63, 3.8) is 0 Å². The summed E-state index contributed by atoms with van der Waals surface area (Å²) in [5.74, 6) is -0.482. The largest absolute Gasteiger partial charge is 0.416 e. The Kier molecular flexibility index (Phi) is 5.79. The number of halogens is 3. The Labute approximate surface area is 147 Å². The van der Waals surface area contributed by atoms with Crippen LogP contribution >= 0.6 is 11.8 Å². The van der Waals surface area contributed by atoms with Gasteiger partial charge in [-0.3, -0.25) is 4.79 Å². The van der Waals surface area contributed by atoms with E-state index in [4.69, 9.17) is 0 Å². The van der Waals surface area contributed by atoms with Gasteiger partial charge in [-0.1, -0.05) is 6.07 Å². The molecule has 0 aliphatic rings. The molecule has 2 rings (SSSR count). The molecule has 0 saturated carbocycles. The molecule has 0 aromatic heterocycles. The van der Waals surface area contributed by atoms with Gasteiger partial charge in [-0.05, 0) is 42.5 Å². The van der Waals surface area contributed by atoms with E-state index in [1.807, 2.05) is 0 Å². The first kappa shape index (κ1) is 19.3. The fraction of sp³-hybridized carbons (Fsp3) is 0.188. The van der Waals surface area contributed by atoms with Crippen LogP contribution in [0.2, 0.25) is 0 Å². The van der Waals surface area contributed by atoms with Gasteiger partial charge in [0.05, 0.1) is 16.2 Å². The van der Waals surface area contributed by atoms with Crippen molar-refractivity contribution >= 4 is 33.2 Å². The van der Waals surface area contributed by atoms with E-state index in [1.54, 1.807) is 0 Å². The molecule has 0 atom stereocenters. The van der Waals surface area contributed by atoms with Crippen LogP contribution in [0.25, 0.3) is 0 Å². The zero-order chi connectivity index (χ0) is 18.7. The van der Waals surface area contributed by atoms with Crippen molar-refractivity contribution in [3.8, 4) is 0 Å². The third-order valence-electron chi connectivity index (χ3n) is 3.10. The molecule has 0 fully saturated rings. The molecule has 0 saturated heterocycles. The summed E-state index contributed by atoms with van der Waals surface area (Å²) in [5.41, 5.74) is -0.365. The van der Waals surface area contributed by atoms with Crippen molar-refractivity contribution < 1.29 is 26.4 Å². The molecule has 0 aliphatic carbocycles. The number of hydrogen-bond acceptors (Lipinski definition) is 4. The van der Waals surface area contributed by atoms with E-state index >= 15 is 0 Å². The number of sulfone groups is 1. The molecule has 0 bridgehead atoms. The van der Waals surface area contributed by atoms with Crippen molar-refractivity contribution in [1.29, 1.82) is 0 Å². The highest BCUT2D eigenvalue weighted by Gasteiger charge is 2.30.